The van der Waals surface area contributed by atoms with Crippen molar-refractivity contribution >= 4 is 27.5 Å². The molecule has 2 aromatic rings. The molecule has 1 N–H and O–H groups in total. The lowest BCUT2D eigenvalue weighted by molar-refractivity contribution is 0.663. The Kier molecular flexibility index (Phi) is 5.31. The molecule has 0 aliphatic carbocycles. The van der Waals surface area contributed by atoms with Crippen LogP contribution in [-0.2, 0) is 6.54 Å². The van der Waals surface area contributed by atoms with Gasteiger partial charge in [-0.2, -0.15) is 0 Å². The van der Waals surface area contributed by atoms with Crippen LogP contribution in [0.3, 0.4) is 0 Å². The number of hydrogen-bond donors (Lipinski definition) is 1. The van der Waals surface area contributed by atoms with Crippen molar-refractivity contribution in [3.63, 3.8) is 0 Å². The first-order valence-electron chi connectivity index (χ1n) is 6.18. The number of nitrogens with zero attached hydrogens (tertiary/aromatic N) is 2. The highest BCUT2D eigenvalue weighted by molar-refractivity contribution is 9.10. The van der Waals surface area contributed by atoms with Gasteiger partial charge in [0.2, 0.25) is 0 Å². The minimum atomic E-state index is 0.685. The second kappa shape index (κ2) is 6.98. The lowest BCUT2D eigenvalue weighted by Gasteiger charge is -2.06. The quantitative estimate of drug-likeness (QED) is 0.834. The summed E-state index contributed by atoms with van der Waals surface area (Å²) in [7, 11) is 0. The fourth-order valence-electron chi connectivity index (χ4n) is 1.66. The summed E-state index contributed by atoms with van der Waals surface area (Å²) in [5.74, 6) is 0.716. The zero-order chi connectivity index (χ0) is 13.7. The Bertz CT molecular complexity index is 560. The van der Waals surface area contributed by atoms with E-state index in [1.165, 1.54) is 0 Å². The van der Waals surface area contributed by atoms with E-state index in [0.717, 1.165) is 35.2 Å². The van der Waals surface area contributed by atoms with Gasteiger partial charge in [0.15, 0.2) is 5.82 Å². The number of hydrogen-bond acceptors (Lipinski definition) is 3. The van der Waals surface area contributed by atoms with Gasteiger partial charge in [-0.05, 0) is 53.2 Å². The first-order chi connectivity index (χ1) is 9.20. The first-order valence-corrected chi connectivity index (χ1v) is 7.36. The number of rotatable bonds is 5. The summed E-state index contributed by atoms with van der Waals surface area (Å²) in [6.45, 7) is 3.90. The molecular weight excluding hydrogens is 326 g/mol. The maximum Gasteiger partial charge on any atom is 0.159 e. The SMILES string of the molecule is CCCNCc1ccnc(-c2ccc(Cl)c(Br)c2)n1. The maximum atomic E-state index is 5.99. The Morgan fingerprint density at radius 1 is 1.32 bits per heavy atom. The second-order valence-electron chi connectivity index (χ2n) is 4.18. The van der Waals surface area contributed by atoms with E-state index in [-0.39, 0.29) is 0 Å². The molecule has 5 heteroatoms. The van der Waals surface area contributed by atoms with Crippen molar-refractivity contribution in [1.29, 1.82) is 0 Å². The van der Waals surface area contributed by atoms with Crippen LogP contribution in [0.4, 0.5) is 0 Å². The average molecular weight is 341 g/mol. The molecule has 1 aromatic carbocycles. The van der Waals surface area contributed by atoms with Gasteiger partial charge in [-0.25, -0.2) is 9.97 Å². The van der Waals surface area contributed by atoms with Gasteiger partial charge in [-0.1, -0.05) is 18.5 Å². The second-order valence-corrected chi connectivity index (χ2v) is 5.44. The molecule has 0 unspecified atom stereocenters. The van der Waals surface area contributed by atoms with Crippen LogP contribution in [0.5, 0.6) is 0 Å². The molecule has 19 heavy (non-hydrogen) atoms. The van der Waals surface area contributed by atoms with E-state index >= 15 is 0 Å². The Balaban J connectivity index is 2.19. The molecule has 0 radical (unpaired) electrons. The maximum absolute atomic E-state index is 5.99. The lowest BCUT2D eigenvalue weighted by atomic mass is 10.2. The zero-order valence-corrected chi connectivity index (χ0v) is 13.0. The molecule has 1 aromatic heterocycles. The van der Waals surface area contributed by atoms with Gasteiger partial charge in [-0.3, -0.25) is 0 Å². The van der Waals surface area contributed by atoms with Crippen LogP contribution < -0.4 is 5.32 Å². The van der Waals surface area contributed by atoms with Crippen molar-refractivity contribution in [2.45, 2.75) is 19.9 Å². The van der Waals surface area contributed by atoms with Gasteiger partial charge >= 0.3 is 0 Å². The summed E-state index contributed by atoms with van der Waals surface area (Å²) < 4.78 is 0.852. The predicted octanol–water partition coefficient (Wildman–Crippen LogP) is 4.06. The predicted molar refractivity (Wildman–Crippen MR) is 82.2 cm³/mol. The highest BCUT2D eigenvalue weighted by Gasteiger charge is 2.05. The largest absolute Gasteiger partial charge is 0.311 e. The van der Waals surface area contributed by atoms with E-state index in [9.17, 15) is 0 Å². The van der Waals surface area contributed by atoms with Crippen LogP contribution in [0.15, 0.2) is 34.9 Å². The van der Waals surface area contributed by atoms with Crippen LogP contribution in [0, 0.1) is 0 Å². The van der Waals surface area contributed by atoms with Crippen molar-refractivity contribution in [3.8, 4) is 11.4 Å². The molecule has 1 heterocycles. The molecule has 0 saturated carbocycles. The summed E-state index contributed by atoms with van der Waals surface area (Å²) in [4.78, 5) is 8.85. The Morgan fingerprint density at radius 2 is 2.16 bits per heavy atom. The minimum absolute atomic E-state index is 0.685. The molecule has 100 valence electrons. The molecule has 0 bridgehead atoms. The summed E-state index contributed by atoms with van der Waals surface area (Å²) in [5.41, 5.74) is 1.94. The van der Waals surface area contributed by atoms with Crippen molar-refractivity contribution in [2.24, 2.45) is 0 Å². The Morgan fingerprint density at radius 3 is 2.89 bits per heavy atom. The molecular formula is C14H15BrClN3. The van der Waals surface area contributed by atoms with E-state index in [1.807, 2.05) is 24.3 Å². The average Bonchev–Trinajstić information content (AvgIpc) is 2.43. The molecule has 0 aliphatic heterocycles. The van der Waals surface area contributed by atoms with E-state index in [1.54, 1.807) is 6.20 Å². The molecule has 0 fully saturated rings. The third-order valence-electron chi connectivity index (χ3n) is 2.62. The number of benzene rings is 1. The van der Waals surface area contributed by atoms with Crippen molar-refractivity contribution in [1.82, 2.24) is 15.3 Å². The normalized spacial score (nSPS) is 10.7. The van der Waals surface area contributed by atoms with Crippen LogP contribution >= 0.6 is 27.5 Å². The van der Waals surface area contributed by atoms with Gasteiger partial charge in [0.1, 0.15) is 0 Å². The number of aromatic nitrogens is 2. The molecule has 0 amide bonds. The van der Waals surface area contributed by atoms with Crippen LogP contribution in [-0.4, -0.2) is 16.5 Å². The van der Waals surface area contributed by atoms with Crippen LogP contribution in [0.25, 0.3) is 11.4 Å². The van der Waals surface area contributed by atoms with E-state index < -0.39 is 0 Å². The fourth-order valence-corrected chi connectivity index (χ4v) is 2.16. The van der Waals surface area contributed by atoms with E-state index in [0.29, 0.717) is 10.8 Å². The molecule has 0 spiro atoms. The first kappa shape index (κ1) is 14.4. The van der Waals surface area contributed by atoms with Crippen LogP contribution in [0.1, 0.15) is 19.0 Å². The highest BCUT2D eigenvalue weighted by atomic mass is 79.9. The third-order valence-corrected chi connectivity index (χ3v) is 3.84. The molecule has 0 aliphatic rings. The number of nitrogens with one attached hydrogen (secondary N) is 1. The molecule has 0 atom stereocenters. The third kappa shape index (κ3) is 4.00. The highest BCUT2D eigenvalue weighted by Crippen LogP contribution is 2.27. The lowest BCUT2D eigenvalue weighted by Crippen LogP contribution is -2.15. The zero-order valence-electron chi connectivity index (χ0n) is 10.7. The van der Waals surface area contributed by atoms with Gasteiger partial charge in [-0.15, -0.1) is 0 Å². The van der Waals surface area contributed by atoms with E-state index in [4.69, 9.17) is 11.6 Å². The topological polar surface area (TPSA) is 37.8 Å². The van der Waals surface area contributed by atoms with Crippen molar-refractivity contribution < 1.29 is 0 Å². The summed E-state index contributed by atoms with van der Waals surface area (Å²) in [5, 5.41) is 4.01. The Hall–Kier alpha value is -0.970. The van der Waals surface area contributed by atoms with E-state index in [2.05, 4.69) is 38.1 Å². The molecule has 0 saturated heterocycles. The van der Waals surface area contributed by atoms with Gasteiger partial charge in [0, 0.05) is 22.8 Å². The standard InChI is InChI=1S/C14H15BrClN3/c1-2-6-17-9-11-5-7-18-14(19-11)10-3-4-13(16)12(15)8-10/h3-5,7-8,17H,2,6,9H2,1H3. The van der Waals surface area contributed by atoms with Gasteiger partial charge in [0.05, 0.1) is 10.7 Å². The Labute approximate surface area is 126 Å². The molecule has 3 nitrogen and oxygen atoms in total. The number of halogens is 2. The van der Waals surface area contributed by atoms with Crippen LogP contribution in [0.2, 0.25) is 5.02 Å². The van der Waals surface area contributed by atoms with Crippen molar-refractivity contribution in [3.05, 3.63) is 45.7 Å². The summed E-state index contributed by atoms with van der Waals surface area (Å²) >= 11 is 9.40. The summed E-state index contributed by atoms with van der Waals surface area (Å²) in [6.07, 6.45) is 2.90. The summed E-state index contributed by atoms with van der Waals surface area (Å²) in [6, 6.07) is 7.62. The monoisotopic (exact) mass is 339 g/mol. The van der Waals surface area contributed by atoms with Crippen molar-refractivity contribution in [2.75, 3.05) is 6.54 Å². The fraction of sp³-hybridized carbons (Fsp3) is 0.286. The van der Waals surface area contributed by atoms with Gasteiger partial charge < -0.3 is 5.32 Å². The van der Waals surface area contributed by atoms with Gasteiger partial charge in [0.25, 0.3) is 0 Å². The smallest absolute Gasteiger partial charge is 0.159 e. The molecule has 2 rings (SSSR count). The minimum Gasteiger partial charge on any atom is -0.311 e.